The van der Waals surface area contributed by atoms with Gasteiger partial charge in [0.15, 0.2) is 0 Å². The smallest absolute Gasteiger partial charge is 0.255 e. The Morgan fingerprint density at radius 3 is 2.56 bits per heavy atom. The second-order valence-corrected chi connectivity index (χ2v) is 7.62. The van der Waals surface area contributed by atoms with E-state index >= 15 is 0 Å². The first-order chi connectivity index (χ1) is 16.7. The summed E-state index contributed by atoms with van der Waals surface area (Å²) in [6, 6.07) is 18.7. The number of rotatable bonds is 6. The second kappa shape index (κ2) is 9.33. The Morgan fingerprint density at radius 1 is 0.912 bits per heavy atom. The van der Waals surface area contributed by atoms with Crippen LogP contribution in [0.25, 0.3) is 16.9 Å². The number of pyridine rings is 1. The van der Waals surface area contributed by atoms with Crippen molar-refractivity contribution < 1.29 is 4.79 Å². The van der Waals surface area contributed by atoms with E-state index in [2.05, 4.69) is 30.6 Å². The molecule has 34 heavy (non-hydrogen) atoms. The molecule has 8 heteroatoms. The minimum Gasteiger partial charge on any atom is -0.339 e. The van der Waals surface area contributed by atoms with Gasteiger partial charge in [0.25, 0.3) is 5.91 Å². The standard InChI is InChI=1S/C26H21N7O/c1-18-4-5-19(26(34)31-20-6-8-21(9-7-20)33-14-13-28-17-33)15-24(18)32-25-22(3-2-11-29-25)23-10-12-27-16-30-23/h2-17H,1H3,(H,29,32)(H,31,34). The predicted octanol–water partition coefficient (Wildman–Crippen LogP) is 5.03. The van der Waals surface area contributed by atoms with Gasteiger partial charge >= 0.3 is 0 Å². The van der Waals surface area contributed by atoms with Crippen LogP contribution in [0.1, 0.15) is 15.9 Å². The van der Waals surface area contributed by atoms with Crippen LogP contribution < -0.4 is 10.6 Å². The van der Waals surface area contributed by atoms with E-state index in [1.54, 1.807) is 31.0 Å². The monoisotopic (exact) mass is 447 g/mol. The molecule has 8 nitrogen and oxygen atoms in total. The summed E-state index contributed by atoms with van der Waals surface area (Å²) in [6.07, 6.45) is 10.2. The number of anilines is 3. The van der Waals surface area contributed by atoms with Crippen molar-refractivity contribution >= 4 is 23.1 Å². The van der Waals surface area contributed by atoms with E-state index in [4.69, 9.17) is 0 Å². The summed E-state index contributed by atoms with van der Waals surface area (Å²) in [6.45, 7) is 1.98. The molecule has 0 radical (unpaired) electrons. The normalized spacial score (nSPS) is 10.6. The molecule has 0 aliphatic carbocycles. The molecule has 3 aromatic heterocycles. The lowest BCUT2D eigenvalue weighted by molar-refractivity contribution is 0.102. The Morgan fingerprint density at radius 2 is 1.79 bits per heavy atom. The number of hydrogen-bond donors (Lipinski definition) is 2. The molecule has 0 saturated carbocycles. The van der Waals surface area contributed by atoms with Gasteiger partial charge in [-0.2, -0.15) is 0 Å². The molecule has 0 aliphatic heterocycles. The second-order valence-electron chi connectivity index (χ2n) is 7.62. The van der Waals surface area contributed by atoms with Gasteiger partial charge < -0.3 is 15.2 Å². The molecule has 0 spiro atoms. The van der Waals surface area contributed by atoms with E-state index in [0.717, 1.165) is 28.2 Å². The summed E-state index contributed by atoms with van der Waals surface area (Å²) in [4.78, 5) is 29.8. The Balaban J connectivity index is 1.36. The third kappa shape index (κ3) is 4.51. The summed E-state index contributed by atoms with van der Waals surface area (Å²) < 4.78 is 1.90. The maximum Gasteiger partial charge on any atom is 0.255 e. The first kappa shape index (κ1) is 21.0. The lowest BCUT2D eigenvalue weighted by Crippen LogP contribution is -2.12. The average Bonchev–Trinajstić information content (AvgIpc) is 3.42. The Labute approximate surface area is 196 Å². The topological polar surface area (TPSA) is 97.6 Å². The number of benzene rings is 2. The van der Waals surface area contributed by atoms with Crippen molar-refractivity contribution in [3.8, 4) is 16.9 Å². The fraction of sp³-hybridized carbons (Fsp3) is 0.0385. The number of nitrogens with zero attached hydrogens (tertiary/aromatic N) is 5. The van der Waals surface area contributed by atoms with Crippen LogP contribution in [-0.2, 0) is 0 Å². The summed E-state index contributed by atoms with van der Waals surface area (Å²) >= 11 is 0. The highest BCUT2D eigenvalue weighted by Gasteiger charge is 2.12. The van der Waals surface area contributed by atoms with Crippen molar-refractivity contribution in [3.05, 3.63) is 109 Å². The third-order valence-corrected chi connectivity index (χ3v) is 5.35. The van der Waals surface area contributed by atoms with Crippen LogP contribution in [0.5, 0.6) is 0 Å². The molecule has 5 aromatic rings. The lowest BCUT2D eigenvalue weighted by atomic mass is 10.1. The Bertz CT molecular complexity index is 1420. The van der Waals surface area contributed by atoms with Crippen LogP contribution >= 0.6 is 0 Å². The molecular formula is C26H21N7O. The van der Waals surface area contributed by atoms with E-state index in [1.165, 1.54) is 6.33 Å². The molecule has 3 heterocycles. The molecule has 0 saturated heterocycles. The number of amides is 1. The summed E-state index contributed by atoms with van der Waals surface area (Å²) in [7, 11) is 0. The fourth-order valence-corrected chi connectivity index (χ4v) is 3.52. The number of carbonyl (C=O) groups excluding carboxylic acids is 1. The number of aryl methyl sites for hydroxylation is 1. The van der Waals surface area contributed by atoms with Gasteiger partial charge in [-0.25, -0.2) is 19.9 Å². The van der Waals surface area contributed by atoms with Crippen LogP contribution in [0.2, 0.25) is 0 Å². The van der Waals surface area contributed by atoms with Crippen molar-refractivity contribution in [2.24, 2.45) is 0 Å². The van der Waals surface area contributed by atoms with E-state index < -0.39 is 0 Å². The Hall–Kier alpha value is -4.85. The van der Waals surface area contributed by atoms with E-state index in [-0.39, 0.29) is 5.91 Å². The zero-order chi connectivity index (χ0) is 23.3. The van der Waals surface area contributed by atoms with Gasteiger partial charge in [-0.05, 0) is 67.1 Å². The first-order valence-electron chi connectivity index (χ1n) is 10.7. The van der Waals surface area contributed by atoms with Crippen LogP contribution in [0.4, 0.5) is 17.2 Å². The van der Waals surface area contributed by atoms with E-state index in [9.17, 15) is 4.79 Å². The molecule has 2 N–H and O–H groups in total. The number of hydrogen-bond acceptors (Lipinski definition) is 6. The van der Waals surface area contributed by atoms with Crippen LogP contribution in [-0.4, -0.2) is 30.4 Å². The highest BCUT2D eigenvalue weighted by atomic mass is 16.1. The van der Waals surface area contributed by atoms with Crippen LogP contribution in [0.3, 0.4) is 0 Å². The molecule has 0 atom stereocenters. The molecular weight excluding hydrogens is 426 g/mol. The fourth-order valence-electron chi connectivity index (χ4n) is 3.52. The van der Waals surface area contributed by atoms with E-state index in [1.807, 2.05) is 72.3 Å². The highest BCUT2D eigenvalue weighted by molar-refractivity contribution is 6.05. The lowest BCUT2D eigenvalue weighted by Gasteiger charge is -2.14. The van der Waals surface area contributed by atoms with Gasteiger partial charge in [0.1, 0.15) is 12.1 Å². The first-order valence-corrected chi connectivity index (χ1v) is 10.7. The minimum atomic E-state index is -0.199. The van der Waals surface area contributed by atoms with Gasteiger partial charge in [0, 0.05) is 53.0 Å². The molecule has 0 unspecified atom stereocenters. The highest BCUT2D eigenvalue weighted by Crippen LogP contribution is 2.28. The minimum absolute atomic E-state index is 0.199. The van der Waals surface area contributed by atoms with Crippen molar-refractivity contribution in [2.75, 3.05) is 10.6 Å². The van der Waals surface area contributed by atoms with Crippen molar-refractivity contribution in [1.29, 1.82) is 0 Å². The number of carbonyl (C=O) groups is 1. The summed E-state index contributed by atoms with van der Waals surface area (Å²) in [5.74, 6) is 0.451. The largest absolute Gasteiger partial charge is 0.339 e. The van der Waals surface area contributed by atoms with Gasteiger partial charge in [-0.15, -0.1) is 0 Å². The van der Waals surface area contributed by atoms with Gasteiger partial charge in [-0.3, -0.25) is 4.79 Å². The molecule has 5 rings (SSSR count). The third-order valence-electron chi connectivity index (χ3n) is 5.35. The maximum absolute atomic E-state index is 12.9. The van der Waals surface area contributed by atoms with Gasteiger partial charge in [0.2, 0.25) is 0 Å². The van der Waals surface area contributed by atoms with Crippen LogP contribution in [0, 0.1) is 6.92 Å². The zero-order valence-electron chi connectivity index (χ0n) is 18.4. The summed E-state index contributed by atoms with van der Waals surface area (Å²) in [5.41, 5.74) is 5.59. The Kier molecular flexibility index (Phi) is 5.77. The number of imidazole rings is 1. The van der Waals surface area contributed by atoms with Gasteiger partial charge in [-0.1, -0.05) is 6.07 Å². The number of nitrogens with one attached hydrogen (secondary N) is 2. The quantitative estimate of drug-likeness (QED) is 0.379. The molecule has 0 aliphatic rings. The summed E-state index contributed by atoms with van der Waals surface area (Å²) in [5, 5.41) is 6.32. The van der Waals surface area contributed by atoms with Gasteiger partial charge in [0.05, 0.1) is 12.0 Å². The predicted molar refractivity (Wildman–Crippen MR) is 131 cm³/mol. The van der Waals surface area contributed by atoms with E-state index in [0.29, 0.717) is 17.1 Å². The molecule has 166 valence electrons. The average molecular weight is 448 g/mol. The molecule has 0 bridgehead atoms. The molecule has 1 amide bonds. The van der Waals surface area contributed by atoms with Crippen molar-refractivity contribution in [3.63, 3.8) is 0 Å². The maximum atomic E-state index is 12.9. The van der Waals surface area contributed by atoms with Crippen molar-refractivity contribution in [2.45, 2.75) is 6.92 Å². The number of aromatic nitrogens is 5. The zero-order valence-corrected chi connectivity index (χ0v) is 18.4. The van der Waals surface area contributed by atoms with Crippen molar-refractivity contribution in [1.82, 2.24) is 24.5 Å². The molecule has 0 fully saturated rings. The molecule has 2 aromatic carbocycles. The SMILES string of the molecule is Cc1ccc(C(=O)Nc2ccc(-n3ccnc3)cc2)cc1Nc1ncccc1-c1ccncn1. The van der Waals surface area contributed by atoms with Crippen LogP contribution in [0.15, 0.2) is 98.1 Å².